The molecule has 0 unspecified atom stereocenters. The minimum atomic E-state index is 0.998. The van der Waals surface area contributed by atoms with Gasteiger partial charge >= 0.3 is 0 Å². The lowest BCUT2D eigenvalue weighted by Crippen LogP contribution is -1.83. The van der Waals surface area contributed by atoms with Gasteiger partial charge < -0.3 is 0 Å². The van der Waals surface area contributed by atoms with Crippen molar-refractivity contribution in [1.29, 1.82) is 0 Å². The Morgan fingerprint density at radius 3 is 2.14 bits per heavy atom. The van der Waals surface area contributed by atoms with Crippen LogP contribution in [0.15, 0.2) is 92.1 Å². The van der Waals surface area contributed by atoms with Crippen LogP contribution in [0, 0.1) is 6.92 Å². The van der Waals surface area contributed by atoms with E-state index in [4.69, 9.17) is 0 Å². The molecule has 2 aromatic rings. The van der Waals surface area contributed by atoms with Crippen LogP contribution in [0.2, 0.25) is 0 Å². The van der Waals surface area contributed by atoms with Crippen molar-refractivity contribution in [2.75, 3.05) is 0 Å². The Labute approximate surface area is 127 Å². The Balaban J connectivity index is 2.23. The molecule has 2 rings (SSSR count). The van der Waals surface area contributed by atoms with Gasteiger partial charge in [0, 0.05) is 0 Å². The minimum Gasteiger partial charge on any atom is -0.0990 e. The molecule has 0 nitrogen and oxygen atoms in total. The highest BCUT2D eigenvalue weighted by Crippen LogP contribution is 2.20. The summed E-state index contributed by atoms with van der Waals surface area (Å²) in [5, 5.41) is 0. The summed E-state index contributed by atoms with van der Waals surface area (Å²) in [7, 11) is 0. The minimum absolute atomic E-state index is 0.998. The predicted octanol–water partition coefficient (Wildman–Crippen LogP) is 5.83. The van der Waals surface area contributed by atoms with E-state index in [1.165, 1.54) is 11.1 Å². The zero-order valence-electron chi connectivity index (χ0n) is 12.4. The maximum atomic E-state index is 4.12. The van der Waals surface area contributed by atoms with E-state index in [0.717, 1.165) is 16.7 Å². The number of benzene rings is 2. The summed E-state index contributed by atoms with van der Waals surface area (Å²) >= 11 is 0. The Hall–Kier alpha value is -2.60. The summed E-state index contributed by atoms with van der Waals surface area (Å²) < 4.78 is 0. The average molecular weight is 272 g/mol. The van der Waals surface area contributed by atoms with Crippen LogP contribution in [0.4, 0.5) is 0 Å². The van der Waals surface area contributed by atoms with Crippen LogP contribution in [0.3, 0.4) is 0 Å². The molecule has 0 heteroatoms. The molecule has 0 heterocycles. The predicted molar refractivity (Wildman–Crippen MR) is 94.0 cm³/mol. The quantitative estimate of drug-likeness (QED) is 0.600. The molecule has 0 aliphatic carbocycles. The molecule has 0 aliphatic heterocycles. The van der Waals surface area contributed by atoms with Crippen molar-refractivity contribution >= 4 is 11.1 Å². The number of rotatable bonds is 5. The van der Waals surface area contributed by atoms with Gasteiger partial charge in [-0.25, -0.2) is 0 Å². The SMILES string of the molecule is C=C/C=C(\C=C/C(=C)c1ccccc1)c1ccc(C)cc1. The molecule has 2 aromatic carbocycles. The van der Waals surface area contributed by atoms with Crippen molar-refractivity contribution in [2.24, 2.45) is 0 Å². The van der Waals surface area contributed by atoms with Crippen LogP contribution in [-0.4, -0.2) is 0 Å². The van der Waals surface area contributed by atoms with Gasteiger partial charge in [0.15, 0.2) is 0 Å². The summed E-state index contributed by atoms with van der Waals surface area (Å²) in [5.74, 6) is 0. The molecule has 0 saturated carbocycles. The second-order valence-electron chi connectivity index (χ2n) is 4.95. The van der Waals surface area contributed by atoms with Crippen molar-refractivity contribution < 1.29 is 0 Å². The maximum Gasteiger partial charge on any atom is -0.0184 e. The lowest BCUT2D eigenvalue weighted by atomic mass is 10.0. The smallest absolute Gasteiger partial charge is 0.0184 e. The third kappa shape index (κ3) is 4.19. The third-order valence-corrected chi connectivity index (χ3v) is 3.29. The van der Waals surface area contributed by atoms with Crippen LogP contribution < -0.4 is 0 Å². The summed E-state index contributed by atoms with van der Waals surface area (Å²) in [6.07, 6.45) is 7.95. The van der Waals surface area contributed by atoms with E-state index in [1.807, 2.05) is 36.4 Å². The van der Waals surface area contributed by atoms with Crippen LogP contribution in [0.25, 0.3) is 11.1 Å². The largest absolute Gasteiger partial charge is 0.0990 e. The number of allylic oxidation sites excluding steroid dienone is 6. The van der Waals surface area contributed by atoms with Crippen LogP contribution >= 0.6 is 0 Å². The van der Waals surface area contributed by atoms with E-state index in [1.54, 1.807) is 0 Å². The van der Waals surface area contributed by atoms with Crippen molar-refractivity contribution in [3.8, 4) is 0 Å². The first kappa shape index (κ1) is 14.8. The molecule has 0 atom stereocenters. The fourth-order valence-corrected chi connectivity index (χ4v) is 2.06. The Morgan fingerprint density at radius 2 is 1.52 bits per heavy atom. The van der Waals surface area contributed by atoms with Gasteiger partial charge in [-0.1, -0.05) is 97.6 Å². The summed E-state index contributed by atoms with van der Waals surface area (Å²) in [5.41, 5.74) is 5.70. The summed E-state index contributed by atoms with van der Waals surface area (Å²) in [6.45, 7) is 10.0. The number of hydrogen-bond acceptors (Lipinski definition) is 0. The van der Waals surface area contributed by atoms with Crippen LogP contribution in [-0.2, 0) is 0 Å². The molecule has 21 heavy (non-hydrogen) atoms. The first-order valence-corrected chi connectivity index (χ1v) is 7.03. The van der Waals surface area contributed by atoms with Gasteiger partial charge in [-0.2, -0.15) is 0 Å². The van der Waals surface area contributed by atoms with Crippen LogP contribution in [0.1, 0.15) is 16.7 Å². The van der Waals surface area contributed by atoms with E-state index in [0.29, 0.717) is 0 Å². The highest BCUT2D eigenvalue weighted by atomic mass is 14.0. The van der Waals surface area contributed by atoms with E-state index in [-0.39, 0.29) is 0 Å². The molecular weight excluding hydrogens is 252 g/mol. The topological polar surface area (TPSA) is 0 Å². The zero-order valence-corrected chi connectivity index (χ0v) is 12.4. The lowest BCUT2D eigenvalue weighted by molar-refractivity contribution is 1.45. The molecule has 0 fully saturated rings. The van der Waals surface area contributed by atoms with Gasteiger partial charge in [-0.05, 0) is 29.2 Å². The maximum absolute atomic E-state index is 4.12. The van der Waals surface area contributed by atoms with Gasteiger partial charge in [0.2, 0.25) is 0 Å². The average Bonchev–Trinajstić information content (AvgIpc) is 2.53. The molecule has 0 amide bonds. The van der Waals surface area contributed by atoms with E-state index in [9.17, 15) is 0 Å². The van der Waals surface area contributed by atoms with Crippen molar-refractivity contribution in [1.82, 2.24) is 0 Å². The summed E-state index contributed by atoms with van der Waals surface area (Å²) in [6, 6.07) is 18.7. The standard InChI is InChI=1S/C21H20/c1-4-8-20(21-14-11-17(2)12-15-21)16-13-18(3)19-9-6-5-7-10-19/h4-16H,1,3H2,2H3/b16-13-,20-8+. The van der Waals surface area contributed by atoms with Crippen molar-refractivity contribution in [3.05, 3.63) is 109 Å². The Bertz CT molecular complexity index is 668. The van der Waals surface area contributed by atoms with E-state index >= 15 is 0 Å². The monoisotopic (exact) mass is 272 g/mol. The molecule has 0 radical (unpaired) electrons. The molecule has 0 saturated heterocycles. The second-order valence-corrected chi connectivity index (χ2v) is 4.95. The Morgan fingerprint density at radius 1 is 0.857 bits per heavy atom. The zero-order chi connectivity index (χ0) is 15.1. The van der Waals surface area contributed by atoms with Gasteiger partial charge in [-0.15, -0.1) is 0 Å². The van der Waals surface area contributed by atoms with E-state index in [2.05, 4.69) is 62.6 Å². The number of aryl methyl sites for hydroxylation is 1. The van der Waals surface area contributed by atoms with Gasteiger partial charge in [0.1, 0.15) is 0 Å². The fraction of sp³-hybridized carbons (Fsp3) is 0.0476. The molecule has 104 valence electrons. The normalized spacial score (nSPS) is 11.6. The van der Waals surface area contributed by atoms with Gasteiger partial charge in [0.05, 0.1) is 0 Å². The Kier molecular flexibility index (Phi) is 5.11. The fourth-order valence-electron chi connectivity index (χ4n) is 2.06. The second kappa shape index (κ2) is 7.25. The van der Waals surface area contributed by atoms with E-state index < -0.39 is 0 Å². The molecule has 0 bridgehead atoms. The number of hydrogen-bond donors (Lipinski definition) is 0. The molecule has 0 spiro atoms. The molecule has 0 N–H and O–H groups in total. The van der Waals surface area contributed by atoms with Gasteiger partial charge in [-0.3, -0.25) is 0 Å². The summed E-state index contributed by atoms with van der Waals surface area (Å²) in [4.78, 5) is 0. The first-order valence-electron chi connectivity index (χ1n) is 7.03. The van der Waals surface area contributed by atoms with Crippen molar-refractivity contribution in [3.63, 3.8) is 0 Å². The molecule has 0 aliphatic rings. The third-order valence-electron chi connectivity index (χ3n) is 3.29. The van der Waals surface area contributed by atoms with Gasteiger partial charge in [0.25, 0.3) is 0 Å². The highest BCUT2D eigenvalue weighted by Gasteiger charge is 1.98. The van der Waals surface area contributed by atoms with Crippen LogP contribution in [0.5, 0.6) is 0 Å². The lowest BCUT2D eigenvalue weighted by Gasteiger charge is -2.04. The molecular formula is C21H20. The van der Waals surface area contributed by atoms with Crippen molar-refractivity contribution in [2.45, 2.75) is 6.92 Å². The highest BCUT2D eigenvalue weighted by molar-refractivity contribution is 5.81. The first-order chi connectivity index (χ1) is 10.2. The molecule has 0 aromatic heterocycles.